The summed E-state index contributed by atoms with van der Waals surface area (Å²) < 4.78 is 97.8. The summed E-state index contributed by atoms with van der Waals surface area (Å²) >= 11 is 0. The molecule has 8 heteroatoms. The van der Waals surface area contributed by atoms with Crippen molar-refractivity contribution in [1.29, 1.82) is 0 Å². The Hall–Kier alpha value is -3.29. The molecule has 0 fully saturated rings. The highest BCUT2D eigenvalue weighted by atomic mass is 19.4. The molecule has 0 aromatic heterocycles. The molecule has 0 radical (unpaired) electrons. The third-order valence-corrected chi connectivity index (χ3v) is 4.06. The Morgan fingerprint density at radius 1 is 0.690 bits per heavy atom. The number of ether oxygens (including phenoxy) is 1. The molecule has 0 saturated carbocycles. The van der Waals surface area contributed by atoms with Crippen LogP contribution in [0.2, 0.25) is 0 Å². The van der Waals surface area contributed by atoms with Crippen LogP contribution in [-0.4, -0.2) is 0 Å². The maximum atomic E-state index is 13.9. The third-order valence-electron chi connectivity index (χ3n) is 4.06. The Kier molecular flexibility index (Phi) is 5.37. The predicted octanol–water partition coefficient (Wildman–Crippen LogP) is 7.36. The van der Waals surface area contributed by atoms with Crippen molar-refractivity contribution in [3.05, 3.63) is 89.5 Å². The van der Waals surface area contributed by atoms with E-state index in [0.29, 0.717) is 5.56 Å². The molecule has 0 aliphatic rings. The van der Waals surface area contributed by atoms with Crippen LogP contribution in [0.5, 0.6) is 11.5 Å². The van der Waals surface area contributed by atoms with Crippen molar-refractivity contribution in [1.82, 2.24) is 0 Å². The molecule has 0 unspecified atom stereocenters. The standard InChI is InChI=1S/C21H11F7O/c1-2-11-3-5-12(6-4-11)13-7-9-14(10-8-13)29-20-18(24)16(22)15(21(26,27)28)17(23)19(20)25/h2-10H,1H2. The number of benzene rings is 3. The second-order valence-electron chi connectivity index (χ2n) is 5.91. The lowest BCUT2D eigenvalue weighted by Gasteiger charge is -2.14. The first-order valence-electron chi connectivity index (χ1n) is 8.07. The van der Waals surface area contributed by atoms with Gasteiger partial charge in [0.05, 0.1) is 0 Å². The van der Waals surface area contributed by atoms with Crippen LogP contribution in [0.25, 0.3) is 17.2 Å². The van der Waals surface area contributed by atoms with E-state index in [1.165, 1.54) is 24.3 Å². The molecule has 150 valence electrons. The molecule has 0 spiro atoms. The minimum Gasteiger partial charge on any atom is -0.451 e. The molecule has 0 aliphatic heterocycles. The zero-order valence-electron chi connectivity index (χ0n) is 14.5. The van der Waals surface area contributed by atoms with Gasteiger partial charge in [-0.2, -0.15) is 22.0 Å². The van der Waals surface area contributed by atoms with Crippen LogP contribution in [0.4, 0.5) is 30.7 Å². The minimum atomic E-state index is -5.61. The van der Waals surface area contributed by atoms with Crippen LogP contribution < -0.4 is 4.74 Å². The fraction of sp³-hybridized carbons (Fsp3) is 0.0476. The Bertz CT molecular complexity index is 1020. The molecular formula is C21H11F7O. The maximum absolute atomic E-state index is 13.9. The Balaban J connectivity index is 1.93. The van der Waals surface area contributed by atoms with Gasteiger partial charge in [0, 0.05) is 0 Å². The van der Waals surface area contributed by atoms with Crippen molar-refractivity contribution in [2.24, 2.45) is 0 Å². The molecule has 0 aliphatic carbocycles. The number of hydrogen-bond donors (Lipinski definition) is 0. The van der Waals surface area contributed by atoms with E-state index in [1.54, 1.807) is 18.2 Å². The van der Waals surface area contributed by atoms with E-state index in [0.717, 1.165) is 11.1 Å². The van der Waals surface area contributed by atoms with Gasteiger partial charge in [0.1, 0.15) is 11.3 Å². The van der Waals surface area contributed by atoms with E-state index in [1.807, 2.05) is 12.1 Å². The Morgan fingerprint density at radius 3 is 1.55 bits per heavy atom. The van der Waals surface area contributed by atoms with Gasteiger partial charge in [-0.05, 0) is 28.8 Å². The zero-order chi connectivity index (χ0) is 21.3. The van der Waals surface area contributed by atoms with Crippen LogP contribution in [0.3, 0.4) is 0 Å². The lowest BCUT2D eigenvalue weighted by Crippen LogP contribution is -2.15. The van der Waals surface area contributed by atoms with Gasteiger partial charge in [0.2, 0.25) is 17.4 Å². The lowest BCUT2D eigenvalue weighted by atomic mass is 10.0. The van der Waals surface area contributed by atoms with Crippen LogP contribution in [0.15, 0.2) is 55.1 Å². The second kappa shape index (κ2) is 7.62. The highest BCUT2D eigenvalue weighted by Crippen LogP contribution is 2.40. The predicted molar refractivity (Wildman–Crippen MR) is 93.3 cm³/mol. The molecular weight excluding hydrogens is 401 g/mol. The van der Waals surface area contributed by atoms with Crippen molar-refractivity contribution in [3.8, 4) is 22.6 Å². The van der Waals surface area contributed by atoms with Gasteiger partial charge in [0.25, 0.3) is 0 Å². The van der Waals surface area contributed by atoms with Crippen LogP contribution >= 0.6 is 0 Å². The minimum absolute atomic E-state index is 0.229. The second-order valence-corrected chi connectivity index (χ2v) is 5.91. The van der Waals surface area contributed by atoms with Gasteiger partial charge in [-0.25, -0.2) is 8.78 Å². The highest BCUT2D eigenvalue weighted by Gasteiger charge is 2.42. The van der Waals surface area contributed by atoms with E-state index in [2.05, 4.69) is 6.58 Å². The fourth-order valence-corrected chi connectivity index (χ4v) is 2.59. The molecule has 29 heavy (non-hydrogen) atoms. The topological polar surface area (TPSA) is 9.23 Å². The van der Waals surface area contributed by atoms with Gasteiger partial charge < -0.3 is 4.74 Å². The SMILES string of the molecule is C=Cc1ccc(-c2ccc(Oc3c(F)c(F)c(C(F)(F)F)c(F)c3F)cc2)cc1. The molecule has 0 amide bonds. The van der Waals surface area contributed by atoms with Crippen molar-refractivity contribution < 1.29 is 35.5 Å². The molecule has 0 saturated heterocycles. The fourth-order valence-electron chi connectivity index (χ4n) is 2.59. The molecule has 0 atom stereocenters. The van der Waals surface area contributed by atoms with E-state index in [4.69, 9.17) is 4.74 Å². The summed E-state index contributed by atoms with van der Waals surface area (Å²) in [6.07, 6.45) is -3.96. The van der Waals surface area contributed by atoms with Crippen molar-refractivity contribution in [2.45, 2.75) is 6.18 Å². The highest BCUT2D eigenvalue weighted by molar-refractivity contribution is 5.66. The van der Waals surface area contributed by atoms with Gasteiger partial charge in [0.15, 0.2) is 11.6 Å². The molecule has 0 heterocycles. The molecule has 3 aromatic rings. The summed E-state index contributed by atoms with van der Waals surface area (Å²) in [5.74, 6) is -11.5. The summed E-state index contributed by atoms with van der Waals surface area (Å²) in [5, 5.41) is 0. The summed E-state index contributed by atoms with van der Waals surface area (Å²) in [7, 11) is 0. The average Bonchev–Trinajstić information content (AvgIpc) is 2.69. The summed E-state index contributed by atoms with van der Waals surface area (Å²) in [4.78, 5) is 0. The van der Waals surface area contributed by atoms with E-state index >= 15 is 0 Å². The molecule has 0 N–H and O–H groups in total. The first-order valence-corrected chi connectivity index (χ1v) is 8.07. The summed E-state index contributed by atoms with van der Waals surface area (Å²) in [6.45, 7) is 3.64. The number of rotatable bonds is 4. The molecule has 3 aromatic carbocycles. The van der Waals surface area contributed by atoms with Gasteiger partial charge in [-0.1, -0.05) is 49.1 Å². The van der Waals surface area contributed by atoms with Gasteiger partial charge in [-0.3, -0.25) is 0 Å². The van der Waals surface area contributed by atoms with Crippen LogP contribution in [-0.2, 0) is 6.18 Å². The Morgan fingerprint density at radius 2 is 1.14 bits per heavy atom. The number of alkyl halides is 3. The van der Waals surface area contributed by atoms with E-state index < -0.39 is 40.8 Å². The third kappa shape index (κ3) is 3.96. The zero-order valence-corrected chi connectivity index (χ0v) is 14.5. The van der Waals surface area contributed by atoms with Gasteiger partial charge in [-0.15, -0.1) is 0 Å². The van der Waals surface area contributed by atoms with E-state index in [9.17, 15) is 30.7 Å². The first-order chi connectivity index (χ1) is 13.6. The van der Waals surface area contributed by atoms with Gasteiger partial charge >= 0.3 is 6.18 Å². The number of hydrogen-bond acceptors (Lipinski definition) is 1. The quantitative estimate of drug-likeness (QED) is 0.321. The lowest BCUT2D eigenvalue weighted by molar-refractivity contribution is -0.143. The largest absolute Gasteiger partial charge is 0.451 e. The summed E-state index contributed by atoms with van der Waals surface area (Å²) in [5.41, 5.74) is -0.269. The first kappa shape index (κ1) is 20.4. The monoisotopic (exact) mass is 412 g/mol. The summed E-state index contributed by atoms with van der Waals surface area (Å²) in [6, 6.07) is 12.7. The normalized spacial score (nSPS) is 11.4. The van der Waals surface area contributed by atoms with Crippen molar-refractivity contribution in [2.75, 3.05) is 0 Å². The molecule has 0 bridgehead atoms. The average molecular weight is 412 g/mol. The molecule has 1 nitrogen and oxygen atoms in total. The number of halogens is 7. The Labute approximate surface area is 160 Å². The smallest absolute Gasteiger partial charge is 0.422 e. The molecule has 3 rings (SSSR count). The van der Waals surface area contributed by atoms with E-state index in [-0.39, 0.29) is 5.75 Å². The van der Waals surface area contributed by atoms with Crippen molar-refractivity contribution in [3.63, 3.8) is 0 Å². The van der Waals surface area contributed by atoms with Crippen molar-refractivity contribution >= 4 is 6.08 Å². The van der Waals surface area contributed by atoms with Crippen LogP contribution in [0.1, 0.15) is 11.1 Å². The maximum Gasteiger partial charge on any atom is 0.422 e. The van der Waals surface area contributed by atoms with Crippen LogP contribution in [0, 0.1) is 23.3 Å².